The number of aromatic nitrogens is 2. The third kappa shape index (κ3) is 3.59. The second-order valence-corrected chi connectivity index (χ2v) is 7.51. The average Bonchev–Trinajstić information content (AvgIpc) is 3.15. The molecule has 1 aliphatic heterocycles. The number of anilines is 2. The molecule has 0 bridgehead atoms. The lowest BCUT2D eigenvalue weighted by atomic mass is 10.2. The van der Waals surface area contributed by atoms with Crippen molar-refractivity contribution in [1.82, 2.24) is 9.78 Å². The molecule has 136 valence electrons. The Morgan fingerprint density at radius 1 is 1.22 bits per heavy atom. The number of aryl methyl sites for hydroxylation is 2. The van der Waals surface area contributed by atoms with Crippen LogP contribution in [0.1, 0.15) is 21.6 Å². The highest BCUT2D eigenvalue weighted by atomic mass is 32.2. The first kappa shape index (κ1) is 17.4. The maximum Gasteiger partial charge on any atom is 0.257 e. The minimum atomic E-state index is -0.185. The summed E-state index contributed by atoms with van der Waals surface area (Å²) in [6, 6.07) is 15.2. The van der Waals surface area contributed by atoms with Crippen LogP contribution in [-0.4, -0.2) is 21.6 Å². The molecule has 0 saturated carbocycles. The molecule has 1 aliphatic rings. The molecule has 2 amide bonds. The zero-order valence-corrected chi connectivity index (χ0v) is 15.8. The van der Waals surface area contributed by atoms with Crippen LogP contribution in [0.5, 0.6) is 0 Å². The van der Waals surface area contributed by atoms with E-state index >= 15 is 0 Å². The van der Waals surface area contributed by atoms with Crippen LogP contribution in [0.2, 0.25) is 0 Å². The highest BCUT2D eigenvalue weighted by Gasteiger charge is 2.19. The van der Waals surface area contributed by atoms with Crippen molar-refractivity contribution in [2.75, 3.05) is 10.6 Å². The number of benzene rings is 2. The number of amides is 2. The summed E-state index contributed by atoms with van der Waals surface area (Å²) in [4.78, 5) is 26.1. The van der Waals surface area contributed by atoms with Gasteiger partial charge in [0.25, 0.3) is 5.91 Å². The minimum absolute atomic E-state index is 0.0124. The van der Waals surface area contributed by atoms with E-state index < -0.39 is 0 Å². The van der Waals surface area contributed by atoms with Crippen molar-refractivity contribution in [2.24, 2.45) is 7.05 Å². The Kier molecular flexibility index (Phi) is 4.45. The molecule has 7 heteroatoms. The second-order valence-electron chi connectivity index (χ2n) is 6.39. The van der Waals surface area contributed by atoms with Gasteiger partial charge in [-0.3, -0.25) is 14.3 Å². The van der Waals surface area contributed by atoms with Crippen molar-refractivity contribution in [3.8, 4) is 0 Å². The lowest BCUT2D eigenvalue weighted by Crippen LogP contribution is -2.15. The molecule has 27 heavy (non-hydrogen) atoms. The summed E-state index contributed by atoms with van der Waals surface area (Å²) in [5.74, 6) is 0.478. The highest BCUT2D eigenvalue weighted by Crippen LogP contribution is 2.35. The number of hydrogen-bond donors (Lipinski definition) is 2. The van der Waals surface area contributed by atoms with Gasteiger partial charge < -0.3 is 10.6 Å². The zero-order chi connectivity index (χ0) is 19.0. The Bertz CT molecular complexity index is 1060. The van der Waals surface area contributed by atoms with E-state index in [0.717, 1.165) is 26.7 Å². The highest BCUT2D eigenvalue weighted by molar-refractivity contribution is 7.99. The zero-order valence-electron chi connectivity index (χ0n) is 14.9. The predicted molar refractivity (Wildman–Crippen MR) is 105 cm³/mol. The van der Waals surface area contributed by atoms with Gasteiger partial charge in [-0.25, -0.2) is 0 Å². The molecule has 0 spiro atoms. The summed E-state index contributed by atoms with van der Waals surface area (Å²) in [5, 5.41) is 10.0. The normalized spacial score (nSPS) is 12.6. The summed E-state index contributed by atoms with van der Waals surface area (Å²) in [6.07, 6.45) is 0.420. The fourth-order valence-electron chi connectivity index (χ4n) is 3.04. The summed E-state index contributed by atoms with van der Waals surface area (Å²) < 4.78 is 1.65. The first-order chi connectivity index (χ1) is 13.0. The van der Waals surface area contributed by atoms with E-state index in [2.05, 4.69) is 15.7 Å². The molecule has 2 aromatic carbocycles. The summed E-state index contributed by atoms with van der Waals surface area (Å²) >= 11 is 1.50. The Morgan fingerprint density at radius 3 is 2.81 bits per heavy atom. The maximum atomic E-state index is 12.8. The number of carbonyl (C=O) groups excluding carboxylic acids is 2. The number of nitrogens with one attached hydrogen (secondary N) is 2. The van der Waals surface area contributed by atoms with Crippen molar-refractivity contribution in [3.05, 3.63) is 65.4 Å². The van der Waals surface area contributed by atoms with E-state index in [4.69, 9.17) is 0 Å². The van der Waals surface area contributed by atoms with Crippen LogP contribution < -0.4 is 10.6 Å². The maximum absolute atomic E-state index is 12.8. The molecule has 0 fully saturated rings. The monoisotopic (exact) mass is 378 g/mol. The average molecular weight is 378 g/mol. The molecule has 0 saturated heterocycles. The van der Waals surface area contributed by atoms with Crippen molar-refractivity contribution >= 4 is 35.1 Å². The van der Waals surface area contributed by atoms with Gasteiger partial charge in [-0.2, -0.15) is 5.10 Å². The third-order valence-electron chi connectivity index (χ3n) is 4.31. The van der Waals surface area contributed by atoms with Crippen LogP contribution in [0.25, 0.3) is 0 Å². The summed E-state index contributed by atoms with van der Waals surface area (Å²) in [7, 11) is 1.79. The van der Waals surface area contributed by atoms with Gasteiger partial charge in [0, 0.05) is 28.6 Å². The van der Waals surface area contributed by atoms with Crippen LogP contribution in [0.15, 0.2) is 58.3 Å². The quantitative estimate of drug-likeness (QED) is 0.727. The first-order valence-corrected chi connectivity index (χ1v) is 9.33. The SMILES string of the molecule is Cc1cc(NC(=O)c2ccccc2Sc2ccc3c(c2)NC(=O)C3)n(C)n1. The van der Waals surface area contributed by atoms with Crippen molar-refractivity contribution in [2.45, 2.75) is 23.1 Å². The first-order valence-electron chi connectivity index (χ1n) is 8.51. The van der Waals surface area contributed by atoms with Gasteiger partial charge in [0.05, 0.1) is 17.7 Å². The number of fused-ring (bicyclic) bond motifs is 1. The molecule has 3 aromatic rings. The molecule has 4 rings (SSSR count). The predicted octanol–water partition coefficient (Wildman–Crippen LogP) is 3.63. The van der Waals surface area contributed by atoms with Gasteiger partial charge in [-0.15, -0.1) is 0 Å². The van der Waals surface area contributed by atoms with Gasteiger partial charge in [0.2, 0.25) is 5.91 Å². The number of nitrogens with zero attached hydrogens (tertiary/aromatic N) is 2. The summed E-state index contributed by atoms with van der Waals surface area (Å²) in [5.41, 5.74) is 3.28. The molecule has 0 radical (unpaired) electrons. The van der Waals surface area contributed by atoms with E-state index in [1.165, 1.54) is 11.8 Å². The fourth-order valence-corrected chi connectivity index (χ4v) is 4.02. The molecular weight excluding hydrogens is 360 g/mol. The number of rotatable bonds is 4. The molecule has 0 unspecified atom stereocenters. The van der Waals surface area contributed by atoms with Crippen LogP contribution in [-0.2, 0) is 18.3 Å². The van der Waals surface area contributed by atoms with E-state index in [0.29, 0.717) is 17.8 Å². The molecule has 0 aliphatic carbocycles. The molecule has 6 nitrogen and oxygen atoms in total. The lowest BCUT2D eigenvalue weighted by molar-refractivity contribution is -0.115. The van der Waals surface area contributed by atoms with Crippen molar-refractivity contribution in [3.63, 3.8) is 0 Å². The molecule has 2 N–H and O–H groups in total. The third-order valence-corrected chi connectivity index (χ3v) is 5.38. The van der Waals surface area contributed by atoms with Crippen molar-refractivity contribution in [1.29, 1.82) is 0 Å². The standard InChI is InChI=1S/C20H18N4O2S/c1-12-9-18(24(2)23-12)22-20(26)15-5-3-4-6-17(15)27-14-8-7-13-10-19(25)21-16(13)11-14/h3-9,11H,10H2,1-2H3,(H,21,25)(H,22,26). The Labute approximate surface area is 161 Å². The van der Waals surface area contributed by atoms with E-state index in [-0.39, 0.29) is 11.8 Å². The molecular formula is C20H18N4O2S. The lowest BCUT2D eigenvalue weighted by Gasteiger charge is -2.10. The topological polar surface area (TPSA) is 76.0 Å². The van der Waals surface area contributed by atoms with Crippen LogP contribution in [0.4, 0.5) is 11.5 Å². The fraction of sp³-hybridized carbons (Fsp3) is 0.150. The van der Waals surface area contributed by atoms with Crippen molar-refractivity contribution < 1.29 is 9.59 Å². The van der Waals surface area contributed by atoms with Gasteiger partial charge in [0.1, 0.15) is 5.82 Å². The minimum Gasteiger partial charge on any atom is -0.325 e. The molecule has 1 aromatic heterocycles. The van der Waals surface area contributed by atoms with E-state index in [1.54, 1.807) is 17.8 Å². The smallest absolute Gasteiger partial charge is 0.257 e. The van der Waals surface area contributed by atoms with Gasteiger partial charge in [-0.05, 0) is 36.8 Å². The Balaban J connectivity index is 1.58. The second kappa shape index (κ2) is 6.92. The Morgan fingerprint density at radius 2 is 2.04 bits per heavy atom. The van der Waals surface area contributed by atoms with Crippen LogP contribution in [0.3, 0.4) is 0 Å². The van der Waals surface area contributed by atoms with Crippen LogP contribution in [0, 0.1) is 6.92 Å². The van der Waals surface area contributed by atoms with Gasteiger partial charge >= 0.3 is 0 Å². The van der Waals surface area contributed by atoms with Crippen LogP contribution >= 0.6 is 11.8 Å². The molecule has 2 heterocycles. The van der Waals surface area contributed by atoms with Gasteiger partial charge in [0.15, 0.2) is 0 Å². The Hall–Kier alpha value is -3.06. The number of hydrogen-bond acceptors (Lipinski definition) is 4. The largest absolute Gasteiger partial charge is 0.325 e. The van der Waals surface area contributed by atoms with Gasteiger partial charge in [-0.1, -0.05) is 30.0 Å². The summed E-state index contributed by atoms with van der Waals surface area (Å²) in [6.45, 7) is 1.88. The van der Waals surface area contributed by atoms with E-state index in [9.17, 15) is 9.59 Å². The van der Waals surface area contributed by atoms with E-state index in [1.807, 2.05) is 49.4 Å². The molecule has 0 atom stereocenters. The number of carbonyl (C=O) groups is 2.